The predicted molar refractivity (Wildman–Crippen MR) is 132 cm³/mol. The van der Waals surface area contributed by atoms with Crippen LogP contribution in [-0.4, -0.2) is 47.1 Å². The number of benzene rings is 2. The van der Waals surface area contributed by atoms with Crippen molar-refractivity contribution < 1.29 is 14.3 Å². The summed E-state index contributed by atoms with van der Waals surface area (Å²) in [5.74, 6) is 1.78. The molecule has 174 valence electrons. The second kappa shape index (κ2) is 9.40. The first kappa shape index (κ1) is 22.3. The summed E-state index contributed by atoms with van der Waals surface area (Å²) in [6, 6.07) is 14.9. The van der Waals surface area contributed by atoms with Gasteiger partial charge >= 0.3 is 0 Å². The Kier molecular flexibility index (Phi) is 6.35. The molecule has 0 aliphatic carbocycles. The number of halogens is 1. The molecule has 2 unspecified atom stereocenters. The fraction of sp³-hybridized carbons (Fsp3) is 0.444. The molecule has 2 fully saturated rings. The molecule has 2 atom stereocenters. The van der Waals surface area contributed by atoms with E-state index in [4.69, 9.17) is 21.1 Å². The zero-order chi connectivity index (χ0) is 22.9. The van der Waals surface area contributed by atoms with Crippen LogP contribution in [0.5, 0.6) is 11.5 Å². The maximum Gasteiger partial charge on any atom is 0.161 e. The Morgan fingerprint density at radius 2 is 1.73 bits per heavy atom. The fourth-order valence-electron chi connectivity index (χ4n) is 5.68. The number of ether oxygens (including phenoxy) is 2. The number of rotatable bonds is 8. The number of aryl methyl sites for hydroxylation is 1. The Bertz CT molecular complexity index is 1130. The van der Waals surface area contributed by atoms with Crippen molar-refractivity contribution in [1.29, 1.82) is 0 Å². The summed E-state index contributed by atoms with van der Waals surface area (Å²) in [5.41, 5.74) is 1.86. The summed E-state index contributed by atoms with van der Waals surface area (Å²) in [5, 5.41) is 1.71. The lowest BCUT2D eigenvalue weighted by Gasteiger charge is -2.39. The number of carbonyl (C=O) groups excluding carboxylic acids is 1. The van der Waals surface area contributed by atoms with Crippen LogP contribution in [-0.2, 0) is 6.54 Å². The van der Waals surface area contributed by atoms with E-state index in [0.29, 0.717) is 12.1 Å². The van der Waals surface area contributed by atoms with Crippen LogP contribution in [0.1, 0.15) is 49.4 Å². The zero-order valence-electron chi connectivity index (χ0n) is 19.3. The van der Waals surface area contributed by atoms with Crippen molar-refractivity contribution in [1.82, 2.24) is 9.47 Å². The monoisotopic (exact) mass is 466 g/mol. The van der Waals surface area contributed by atoms with Gasteiger partial charge in [-0.25, -0.2) is 0 Å². The topological polar surface area (TPSA) is 43.7 Å². The molecule has 0 saturated carbocycles. The third-order valence-electron chi connectivity index (χ3n) is 7.24. The molecule has 2 saturated heterocycles. The first-order chi connectivity index (χ1) is 16.0. The summed E-state index contributed by atoms with van der Waals surface area (Å²) >= 11 is 6.00. The smallest absolute Gasteiger partial charge is 0.161 e. The molecule has 3 heterocycles. The fourth-order valence-corrected chi connectivity index (χ4v) is 5.81. The van der Waals surface area contributed by atoms with Gasteiger partial charge in [-0.2, -0.15) is 0 Å². The average molecular weight is 467 g/mol. The minimum Gasteiger partial charge on any atom is -0.497 e. The SMILES string of the molecule is COc1ccc2c(c1)c(C(C)=O)cn2CCCN1C2CCC1CC(Oc1ccc(Cl)cc1)C2. The summed E-state index contributed by atoms with van der Waals surface area (Å²) in [6.45, 7) is 3.61. The largest absolute Gasteiger partial charge is 0.497 e. The van der Waals surface area contributed by atoms with E-state index in [1.807, 2.05) is 42.6 Å². The lowest BCUT2D eigenvalue weighted by molar-refractivity contribution is 0.0482. The molecule has 0 amide bonds. The van der Waals surface area contributed by atoms with Crippen molar-refractivity contribution in [3.63, 3.8) is 0 Å². The van der Waals surface area contributed by atoms with Gasteiger partial charge in [0.25, 0.3) is 0 Å². The van der Waals surface area contributed by atoms with Crippen molar-refractivity contribution in [3.05, 3.63) is 59.2 Å². The molecule has 33 heavy (non-hydrogen) atoms. The quantitative estimate of drug-likeness (QED) is 0.383. The van der Waals surface area contributed by atoms with E-state index < -0.39 is 0 Å². The van der Waals surface area contributed by atoms with Gasteiger partial charge in [0.15, 0.2) is 5.78 Å². The van der Waals surface area contributed by atoms with Crippen molar-refractivity contribution in [3.8, 4) is 11.5 Å². The molecule has 0 spiro atoms. The van der Waals surface area contributed by atoms with Gasteiger partial charge in [-0.3, -0.25) is 9.69 Å². The Balaban J connectivity index is 1.21. The number of hydrogen-bond donors (Lipinski definition) is 0. The highest BCUT2D eigenvalue weighted by Crippen LogP contribution is 2.37. The number of piperidine rings is 1. The average Bonchev–Trinajstić information content (AvgIpc) is 3.29. The van der Waals surface area contributed by atoms with Crippen LogP contribution in [0.3, 0.4) is 0 Å². The number of Topliss-reactive ketones (excluding diaryl/α,β-unsaturated/α-hetero) is 1. The van der Waals surface area contributed by atoms with E-state index >= 15 is 0 Å². The number of aromatic nitrogens is 1. The molecule has 1 aromatic heterocycles. The van der Waals surface area contributed by atoms with E-state index in [1.165, 1.54) is 12.8 Å². The lowest BCUT2D eigenvalue weighted by atomic mass is 9.99. The number of fused-ring (bicyclic) bond motifs is 3. The molecule has 2 aromatic carbocycles. The van der Waals surface area contributed by atoms with Gasteiger partial charge in [0.1, 0.15) is 17.6 Å². The molecule has 2 aliphatic heterocycles. The first-order valence-electron chi connectivity index (χ1n) is 11.9. The van der Waals surface area contributed by atoms with Gasteiger partial charge in [-0.15, -0.1) is 0 Å². The summed E-state index contributed by atoms with van der Waals surface area (Å²) in [7, 11) is 1.66. The van der Waals surface area contributed by atoms with Gasteiger partial charge in [-0.1, -0.05) is 11.6 Å². The molecular formula is C27H31ClN2O3. The first-order valence-corrected chi connectivity index (χ1v) is 12.3. The van der Waals surface area contributed by atoms with Gasteiger partial charge in [0.05, 0.1) is 7.11 Å². The number of hydrogen-bond acceptors (Lipinski definition) is 4. The third-order valence-corrected chi connectivity index (χ3v) is 7.49. The molecule has 2 aliphatic rings. The maximum atomic E-state index is 12.2. The van der Waals surface area contributed by atoms with Crippen LogP contribution < -0.4 is 9.47 Å². The molecular weight excluding hydrogens is 436 g/mol. The van der Waals surface area contributed by atoms with Crippen LogP contribution in [0.2, 0.25) is 5.02 Å². The van der Waals surface area contributed by atoms with Crippen LogP contribution >= 0.6 is 11.6 Å². The standard InChI is InChI=1S/C27H31ClN2O3/c1-18(31)26-17-29(27-11-10-23(32-2)16-25(26)27)12-3-13-30-20-6-7-21(30)15-24(14-20)33-22-8-4-19(28)5-9-22/h4-5,8-11,16-17,20-21,24H,3,6-7,12-15H2,1-2H3. The summed E-state index contributed by atoms with van der Waals surface area (Å²) < 4.78 is 13.9. The predicted octanol–water partition coefficient (Wildman–Crippen LogP) is 5.97. The van der Waals surface area contributed by atoms with Gasteiger partial charge in [0.2, 0.25) is 0 Å². The minimum absolute atomic E-state index is 0.0906. The Morgan fingerprint density at radius 1 is 1.03 bits per heavy atom. The van der Waals surface area contributed by atoms with Crippen LogP contribution in [0, 0.1) is 0 Å². The van der Waals surface area contributed by atoms with Gasteiger partial charge in [-0.05, 0) is 81.5 Å². The summed E-state index contributed by atoms with van der Waals surface area (Å²) in [4.78, 5) is 14.9. The Morgan fingerprint density at radius 3 is 2.39 bits per heavy atom. The van der Waals surface area contributed by atoms with Crippen molar-refractivity contribution in [2.45, 2.75) is 63.8 Å². The van der Waals surface area contributed by atoms with E-state index in [2.05, 4.69) is 15.5 Å². The van der Waals surface area contributed by atoms with Crippen LogP contribution in [0.25, 0.3) is 10.9 Å². The number of methoxy groups -OCH3 is 1. The van der Waals surface area contributed by atoms with Crippen molar-refractivity contribution in [2.24, 2.45) is 0 Å². The number of nitrogens with zero attached hydrogens (tertiary/aromatic N) is 2. The minimum atomic E-state index is 0.0906. The number of ketones is 1. The van der Waals surface area contributed by atoms with E-state index in [-0.39, 0.29) is 11.9 Å². The van der Waals surface area contributed by atoms with Gasteiger partial charge < -0.3 is 14.0 Å². The highest BCUT2D eigenvalue weighted by molar-refractivity contribution is 6.30. The zero-order valence-corrected chi connectivity index (χ0v) is 20.1. The maximum absolute atomic E-state index is 12.2. The summed E-state index contributed by atoms with van der Waals surface area (Å²) in [6.07, 6.45) is 8.02. The molecule has 6 heteroatoms. The van der Waals surface area contributed by atoms with E-state index in [1.54, 1.807) is 14.0 Å². The van der Waals surface area contributed by atoms with Crippen LogP contribution in [0.4, 0.5) is 0 Å². The van der Waals surface area contributed by atoms with Crippen molar-refractivity contribution in [2.75, 3.05) is 13.7 Å². The number of carbonyl (C=O) groups is 1. The van der Waals surface area contributed by atoms with Gasteiger partial charge in [0, 0.05) is 52.9 Å². The third kappa shape index (κ3) is 4.62. The van der Waals surface area contributed by atoms with Crippen molar-refractivity contribution >= 4 is 28.3 Å². The molecule has 0 N–H and O–H groups in total. The van der Waals surface area contributed by atoms with E-state index in [0.717, 1.165) is 65.3 Å². The second-order valence-electron chi connectivity index (χ2n) is 9.32. The van der Waals surface area contributed by atoms with E-state index in [9.17, 15) is 4.79 Å². The molecule has 5 rings (SSSR count). The highest BCUT2D eigenvalue weighted by atomic mass is 35.5. The normalized spacial score (nSPS) is 22.6. The molecule has 2 bridgehead atoms. The lowest BCUT2D eigenvalue weighted by Crippen LogP contribution is -2.46. The van der Waals surface area contributed by atoms with Crippen LogP contribution in [0.15, 0.2) is 48.7 Å². The molecule has 3 aromatic rings. The Labute approximate surface area is 200 Å². The Hall–Kier alpha value is -2.50. The highest BCUT2D eigenvalue weighted by Gasteiger charge is 2.41. The molecule has 0 radical (unpaired) electrons. The second-order valence-corrected chi connectivity index (χ2v) is 9.75. The molecule has 5 nitrogen and oxygen atoms in total.